The molecule has 2 aliphatic heterocycles. The molecule has 1 N–H and O–H groups in total. The Morgan fingerprint density at radius 2 is 2.05 bits per heavy atom. The number of epoxide rings is 2. The van der Waals surface area contributed by atoms with Gasteiger partial charge in [0, 0.05) is 19.8 Å². The van der Waals surface area contributed by atoms with Crippen molar-refractivity contribution in [3.8, 4) is 5.75 Å². The number of carbonyl (C=O) groups excluding carboxylic acids is 1. The zero-order valence-electron chi connectivity index (χ0n) is 22.8. The van der Waals surface area contributed by atoms with Crippen LogP contribution in [0, 0.1) is 12.8 Å². The molecule has 4 rings (SSSR count). The molecule has 0 amide bonds. The molecule has 2 saturated heterocycles. The molecular weight excluding hydrogens is 472 g/mol. The van der Waals surface area contributed by atoms with Gasteiger partial charge in [0.05, 0.1) is 25.2 Å². The first kappa shape index (κ1) is 27.8. The first-order chi connectivity index (χ1) is 17.7. The molecule has 3 fully saturated rings. The summed E-state index contributed by atoms with van der Waals surface area (Å²) in [6, 6.07) is 5.80. The van der Waals surface area contributed by atoms with Crippen molar-refractivity contribution >= 4 is 12.0 Å². The quantitative estimate of drug-likeness (QED) is 0.141. The Kier molecular flexibility index (Phi) is 8.79. The summed E-state index contributed by atoms with van der Waals surface area (Å²) in [5.41, 5.74) is 2.56. The number of benzene rings is 1. The van der Waals surface area contributed by atoms with E-state index in [1.807, 2.05) is 25.1 Å². The van der Waals surface area contributed by atoms with Crippen LogP contribution in [0.2, 0.25) is 0 Å². The Morgan fingerprint density at radius 1 is 1.27 bits per heavy atom. The van der Waals surface area contributed by atoms with Crippen molar-refractivity contribution in [1.82, 2.24) is 0 Å². The third-order valence-electron chi connectivity index (χ3n) is 7.93. The SMILES string of the molecule is CO[C@@H]1[C@H](OC(=O)/C=C/c2ccc(OCCCCO)c(C)c2)CC[C@]2(CO2)[C@H]1[C@@]1(C)O[C@@H]1CC=C(C)C. The topological polar surface area (TPSA) is 90.1 Å². The average Bonchev–Trinajstić information content (AvgIpc) is 3.78. The van der Waals surface area contributed by atoms with Gasteiger partial charge < -0.3 is 28.8 Å². The normalized spacial score (nSPS) is 32.4. The first-order valence-corrected chi connectivity index (χ1v) is 13.4. The van der Waals surface area contributed by atoms with Gasteiger partial charge >= 0.3 is 5.97 Å². The number of methoxy groups -OCH3 is 1. The molecule has 204 valence electrons. The summed E-state index contributed by atoms with van der Waals surface area (Å²) in [5, 5.41) is 8.89. The Bertz CT molecular complexity index is 1010. The van der Waals surface area contributed by atoms with E-state index in [1.54, 1.807) is 13.2 Å². The number of aliphatic hydroxyl groups is 1. The molecule has 2 heterocycles. The lowest BCUT2D eigenvalue weighted by atomic mass is 9.68. The zero-order chi connectivity index (χ0) is 26.6. The monoisotopic (exact) mass is 514 g/mol. The predicted molar refractivity (Wildman–Crippen MR) is 141 cm³/mol. The van der Waals surface area contributed by atoms with Crippen LogP contribution in [0.25, 0.3) is 6.08 Å². The summed E-state index contributed by atoms with van der Waals surface area (Å²) >= 11 is 0. The van der Waals surface area contributed by atoms with Crippen molar-refractivity contribution in [3.05, 3.63) is 47.1 Å². The maximum atomic E-state index is 12.8. The van der Waals surface area contributed by atoms with E-state index >= 15 is 0 Å². The van der Waals surface area contributed by atoms with Crippen LogP contribution in [0.4, 0.5) is 0 Å². The van der Waals surface area contributed by atoms with Crippen LogP contribution in [-0.4, -0.2) is 67.5 Å². The number of aliphatic hydroxyl groups excluding tert-OH is 1. The minimum Gasteiger partial charge on any atom is -0.493 e. The maximum Gasteiger partial charge on any atom is 0.331 e. The highest BCUT2D eigenvalue weighted by atomic mass is 16.6. The standard InChI is InChI=1S/C30H42O7/c1-20(2)8-12-25-29(4,37-25)28-27(33-5)24(14-15-30(28)19-35-30)36-26(32)13-10-22-9-11-23(21(3)18-22)34-17-7-6-16-31/h8-11,13,18,24-25,27-28,31H,6-7,12,14-17,19H2,1-5H3/b13-10+/t24-,25-,27-,28-,29+,30+/m1/s1. The zero-order valence-corrected chi connectivity index (χ0v) is 22.8. The number of hydrogen-bond acceptors (Lipinski definition) is 7. The molecule has 7 nitrogen and oxygen atoms in total. The van der Waals surface area contributed by atoms with Crippen LogP contribution in [0.15, 0.2) is 35.9 Å². The number of ether oxygens (including phenoxy) is 5. The third kappa shape index (κ3) is 6.45. The minimum absolute atomic E-state index is 0.00339. The van der Waals surface area contributed by atoms with Gasteiger partial charge in [-0.25, -0.2) is 4.79 Å². The molecule has 0 bridgehead atoms. The second-order valence-electron chi connectivity index (χ2n) is 11.0. The highest BCUT2D eigenvalue weighted by molar-refractivity contribution is 5.87. The predicted octanol–water partition coefficient (Wildman–Crippen LogP) is 4.78. The van der Waals surface area contributed by atoms with Gasteiger partial charge in [0.25, 0.3) is 0 Å². The van der Waals surface area contributed by atoms with Gasteiger partial charge in [-0.05, 0) is 89.1 Å². The molecule has 0 unspecified atom stereocenters. The van der Waals surface area contributed by atoms with E-state index in [-0.39, 0.29) is 48.0 Å². The lowest BCUT2D eigenvalue weighted by Gasteiger charge is -2.42. The summed E-state index contributed by atoms with van der Waals surface area (Å²) in [7, 11) is 1.68. The fourth-order valence-electron chi connectivity index (χ4n) is 5.76. The Labute approximate surface area is 220 Å². The number of hydrogen-bond donors (Lipinski definition) is 1. The van der Waals surface area contributed by atoms with Crippen LogP contribution >= 0.6 is 0 Å². The molecule has 1 aromatic rings. The van der Waals surface area contributed by atoms with E-state index in [4.69, 9.17) is 28.8 Å². The summed E-state index contributed by atoms with van der Waals surface area (Å²) in [6.45, 7) is 9.75. The van der Waals surface area contributed by atoms with Crippen LogP contribution in [0.1, 0.15) is 64.0 Å². The van der Waals surface area contributed by atoms with Crippen LogP contribution < -0.4 is 4.74 Å². The van der Waals surface area contributed by atoms with Gasteiger partial charge in [0.1, 0.15) is 29.2 Å². The molecule has 37 heavy (non-hydrogen) atoms. The first-order valence-electron chi connectivity index (χ1n) is 13.4. The summed E-state index contributed by atoms with van der Waals surface area (Å²) < 4.78 is 29.9. The number of allylic oxidation sites excluding steroid dienone is 1. The minimum atomic E-state index is -0.386. The van der Waals surface area contributed by atoms with Crippen molar-refractivity contribution in [2.45, 2.75) is 89.3 Å². The van der Waals surface area contributed by atoms with E-state index in [0.29, 0.717) is 19.6 Å². The molecular formula is C30H42O7. The molecule has 0 radical (unpaired) electrons. The highest BCUT2D eigenvalue weighted by Crippen LogP contribution is 2.59. The summed E-state index contributed by atoms with van der Waals surface area (Å²) in [5.74, 6) is 0.427. The van der Waals surface area contributed by atoms with E-state index in [0.717, 1.165) is 42.6 Å². The Balaban J connectivity index is 1.37. The fraction of sp³-hybridized carbons (Fsp3) is 0.633. The van der Waals surface area contributed by atoms with Gasteiger partial charge in [0.2, 0.25) is 0 Å². The molecule has 1 aromatic carbocycles. The van der Waals surface area contributed by atoms with Crippen LogP contribution in [0.3, 0.4) is 0 Å². The molecule has 0 aromatic heterocycles. The number of unbranched alkanes of at least 4 members (excludes halogenated alkanes) is 1. The van der Waals surface area contributed by atoms with Crippen molar-refractivity contribution < 1.29 is 33.6 Å². The summed E-state index contributed by atoms with van der Waals surface area (Å²) in [6.07, 6.45) is 8.84. The molecule has 6 atom stereocenters. The highest BCUT2D eigenvalue weighted by Gasteiger charge is 2.72. The van der Waals surface area contributed by atoms with Gasteiger partial charge in [-0.2, -0.15) is 0 Å². The molecule has 3 aliphatic rings. The fourth-order valence-corrected chi connectivity index (χ4v) is 5.76. The average molecular weight is 515 g/mol. The van der Waals surface area contributed by atoms with E-state index in [1.165, 1.54) is 11.6 Å². The molecule has 7 heteroatoms. The number of esters is 1. The van der Waals surface area contributed by atoms with Gasteiger partial charge in [-0.3, -0.25) is 0 Å². The van der Waals surface area contributed by atoms with Crippen molar-refractivity contribution in [2.75, 3.05) is 26.9 Å². The van der Waals surface area contributed by atoms with Gasteiger partial charge in [-0.15, -0.1) is 0 Å². The Morgan fingerprint density at radius 3 is 2.70 bits per heavy atom. The number of aryl methyl sites for hydroxylation is 1. The summed E-state index contributed by atoms with van der Waals surface area (Å²) in [4.78, 5) is 12.8. The largest absolute Gasteiger partial charge is 0.493 e. The molecule has 1 aliphatic carbocycles. The third-order valence-corrected chi connectivity index (χ3v) is 7.93. The van der Waals surface area contributed by atoms with Gasteiger partial charge in [0.15, 0.2) is 0 Å². The smallest absolute Gasteiger partial charge is 0.331 e. The Hall–Kier alpha value is -2.19. The number of rotatable bonds is 12. The van der Waals surface area contributed by atoms with E-state index < -0.39 is 0 Å². The lowest BCUT2D eigenvalue weighted by Crippen LogP contribution is -2.55. The molecule has 1 spiro atoms. The van der Waals surface area contributed by atoms with Crippen molar-refractivity contribution in [1.29, 1.82) is 0 Å². The number of carbonyl (C=O) groups is 1. The van der Waals surface area contributed by atoms with E-state index in [2.05, 4.69) is 26.8 Å². The lowest BCUT2D eigenvalue weighted by molar-refractivity contribution is -0.166. The second kappa shape index (κ2) is 11.7. The van der Waals surface area contributed by atoms with Crippen LogP contribution in [0.5, 0.6) is 5.75 Å². The van der Waals surface area contributed by atoms with Crippen molar-refractivity contribution in [2.24, 2.45) is 5.92 Å². The second-order valence-corrected chi connectivity index (χ2v) is 11.0. The van der Waals surface area contributed by atoms with Gasteiger partial charge in [-0.1, -0.05) is 17.7 Å². The molecule has 1 saturated carbocycles. The van der Waals surface area contributed by atoms with Crippen molar-refractivity contribution in [3.63, 3.8) is 0 Å². The van der Waals surface area contributed by atoms with Crippen LogP contribution in [-0.2, 0) is 23.7 Å². The maximum absolute atomic E-state index is 12.8. The van der Waals surface area contributed by atoms with E-state index in [9.17, 15) is 4.79 Å².